The highest BCUT2D eigenvalue weighted by molar-refractivity contribution is 5.19. The summed E-state index contributed by atoms with van der Waals surface area (Å²) < 4.78 is 0. The van der Waals surface area contributed by atoms with Gasteiger partial charge in [-0.15, -0.1) is 0 Å². The molecule has 2 N–H and O–H groups in total. The maximum absolute atomic E-state index is 5.56. The highest BCUT2D eigenvalue weighted by Crippen LogP contribution is 2.16. The molecule has 72 valence electrons. The van der Waals surface area contributed by atoms with Gasteiger partial charge < -0.3 is 5.73 Å². The first kappa shape index (κ1) is 10.2. The zero-order valence-corrected chi connectivity index (χ0v) is 8.62. The fourth-order valence-corrected chi connectivity index (χ4v) is 1.17. The first-order valence-electron chi connectivity index (χ1n) is 4.81. The predicted octanol–water partition coefficient (Wildman–Crippen LogP) is 2.27. The SMILES string of the molecule is CC(C)c1ccc(C(C)CN)nc1. The Labute approximate surface area is 80.2 Å². The van der Waals surface area contributed by atoms with Gasteiger partial charge in [-0.3, -0.25) is 4.98 Å². The molecular formula is C11H18N2. The van der Waals surface area contributed by atoms with Gasteiger partial charge >= 0.3 is 0 Å². The van der Waals surface area contributed by atoms with E-state index >= 15 is 0 Å². The highest BCUT2D eigenvalue weighted by Gasteiger charge is 2.05. The summed E-state index contributed by atoms with van der Waals surface area (Å²) in [4.78, 5) is 4.39. The van der Waals surface area contributed by atoms with Crippen LogP contribution >= 0.6 is 0 Å². The fourth-order valence-electron chi connectivity index (χ4n) is 1.17. The minimum atomic E-state index is 0.362. The molecule has 0 fully saturated rings. The molecule has 1 aromatic heterocycles. The molecule has 0 saturated carbocycles. The Balaban J connectivity index is 2.81. The molecule has 0 aromatic carbocycles. The van der Waals surface area contributed by atoms with Crippen molar-refractivity contribution in [1.82, 2.24) is 4.98 Å². The van der Waals surface area contributed by atoms with Crippen LogP contribution in [0.15, 0.2) is 18.3 Å². The minimum absolute atomic E-state index is 0.362. The second kappa shape index (κ2) is 4.38. The van der Waals surface area contributed by atoms with Gasteiger partial charge in [-0.05, 0) is 17.5 Å². The number of nitrogens with zero attached hydrogens (tertiary/aromatic N) is 1. The molecule has 2 nitrogen and oxygen atoms in total. The molecule has 0 bridgehead atoms. The third kappa shape index (κ3) is 2.52. The number of aromatic nitrogens is 1. The summed E-state index contributed by atoms with van der Waals surface area (Å²) in [6.07, 6.45) is 1.95. The standard InChI is InChI=1S/C11H18N2/c1-8(2)10-4-5-11(13-7-10)9(3)6-12/h4-5,7-9H,6,12H2,1-3H3. The molecule has 1 rings (SSSR count). The molecule has 0 radical (unpaired) electrons. The molecule has 0 aliphatic heterocycles. The van der Waals surface area contributed by atoms with E-state index in [0.717, 1.165) is 5.69 Å². The smallest absolute Gasteiger partial charge is 0.0444 e. The first-order chi connectivity index (χ1) is 6.15. The van der Waals surface area contributed by atoms with E-state index in [2.05, 4.69) is 37.9 Å². The second-order valence-electron chi connectivity index (χ2n) is 3.81. The van der Waals surface area contributed by atoms with Crippen LogP contribution in [0.1, 0.15) is 43.9 Å². The third-order valence-corrected chi connectivity index (χ3v) is 2.33. The van der Waals surface area contributed by atoms with E-state index < -0.39 is 0 Å². The molecule has 1 aromatic rings. The Bertz CT molecular complexity index is 251. The topological polar surface area (TPSA) is 38.9 Å². The lowest BCUT2D eigenvalue weighted by molar-refractivity contribution is 0.739. The summed E-state index contributed by atoms with van der Waals surface area (Å²) in [6.45, 7) is 7.09. The molecule has 0 spiro atoms. The van der Waals surface area contributed by atoms with Crippen molar-refractivity contribution in [2.75, 3.05) is 6.54 Å². The summed E-state index contributed by atoms with van der Waals surface area (Å²) >= 11 is 0. The predicted molar refractivity (Wildman–Crippen MR) is 55.8 cm³/mol. The lowest BCUT2D eigenvalue weighted by Gasteiger charge is -2.09. The van der Waals surface area contributed by atoms with Crippen LogP contribution < -0.4 is 5.73 Å². The van der Waals surface area contributed by atoms with Crippen molar-refractivity contribution in [2.45, 2.75) is 32.6 Å². The summed E-state index contributed by atoms with van der Waals surface area (Å²) in [5, 5.41) is 0. The van der Waals surface area contributed by atoms with Gasteiger partial charge in [0.25, 0.3) is 0 Å². The van der Waals surface area contributed by atoms with E-state index in [1.165, 1.54) is 5.56 Å². The van der Waals surface area contributed by atoms with Crippen molar-refractivity contribution in [3.05, 3.63) is 29.6 Å². The lowest BCUT2D eigenvalue weighted by Crippen LogP contribution is -2.10. The van der Waals surface area contributed by atoms with Gasteiger partial charge in [0.05, 0.1) is 0 Å². The van der Waals surface area contributed by atoms with Crippen molar-refractivity contribution < 1.29 is 0 Å². The second-order valence-corrected chi connectivity index (χ2v) is 3.81. The molecule has 1 unspecified atom stereocenters. The van der Waals surface area contributed by atoms with E-state index in [0.29, 0.717) is 18.4 Å². The van der Waals surface area contributed by atoms with Gasteiger partial charge in [0.2, 0.25) is 0 Å². The van der Waals surface area contributed by atoms with Crippen LogP contribution in [0.25, 0.3) is 0 Å². The first-order valence-corrected chi connectivity index (χ1v) is 4.81. The molecular weight excluding hydrogens is 160 g/mol. The Morgan fingerprint density at radius 1 is 1.31 bits per heavy atom. The molecule has 0 amide bonds. The summed E-state index contributed by atoms with van der Waals surface area (Å²) in [5.74, 6) is 0.913. The van der Waals surface area contributed by atoms with Crippen molar-refractivity contribution in [3.63, 3.8) is 0 Å². The Morgan fingerprint density at radius 3 is 2.38 bits per heavy atom. The van der Waals surface area contributed by atoms with Crippen LogP contribution in [0.5, 0.6) is 0 Å². The van der Waals surface area contributed by atoms with Crippen LogP contribution in [0.4, 0.5) is 0 Å². The number of pyridine rings is 1. The molecule has 13 heavy (non-hydrogen) atoms. The van der Waals surface area contributed by atoms with E-state index in [4.69, 9.17) is 5.73 Å². The maximum Gasteiger partial charge on any atom is 0.0444 e. The zero-order valence-electron chi connectivity index (χ0n) is 8.62. The highest BCUT2D eigenvalue weighted by atomic mass is 14.7. The number of nitrogens with two attached hydrogens (primary N) is 1. The van der Waals surface area contributed by atoms with Crippen molar-refractivity contribution in [1.29, 1.82) is 0 Å². The molecule has 2 heteroatoms. The van der Waals surface area contributed by atoms with Gasteiger partial charge in [-0.25, -0.2) is 0 Å². The number of rotatable bonds is 3. The van der Waals surface area contributed by atoms with Crippen molar-refractivity contribution >= 4 is 0 Å². The number of hydrogen-bond donors (Lipinski definition) is 1. The fraction of sp³-hybridized carbons (Fsp3) is 0.545. The normalized spacial score (nSPS) is 13.3. The van der Waals surface area contributed by atoms with E-state index in [9.17, 15) is 0 Å². The maximum atomic E-state index is 5.56. The van der Waals surface area contributed by atoms with E-state index in [1.54, 1.807) is 0 Å². The van der Waals surface area contributed by atoms with Crippen LogP contribution in [0.2, 0.25) is 0 Å². The number of hydrogen-bond acceptors (Lipinski definition) is 2. The van der Waals surface area contributed by atoms with Crippen LogP contribution in [0.3, 0.4) is 0 Å². The lowest BCUT2D eigenvalue weighted by atomic mass is 10.0. The summed E-state index contributed by atoms with van der Waals surface area (Å²) in [6, 6.07) is 4.21. The Kier molecular flexibility index (Phi) is 3.43. The summed E-state index contributed by atoms with van der Waals surface area (Å²) in [7, 11) is 0. The molecule has 1 heterocycles. The monoisotopic (exact) mass is 178 g/mol. The third-order valence-electron chi connectivity index (χ3n) is 2.33. The molecule has 0 saturated heterocycles. The van der Waals surface area contributed by atoms with Crippen LogP contribution in [-0.4, -0.2) is 11.5 Å². The Hall–Kier alpha value is -0.890. The minimum Gasteiger partial charge on any atom is -0.330 e. The van der Waals surface area contributed by atoms with Crippen LogP contribution in [0, 0.1) is 0 Å². The average Bonchev–Trinajstić information content (AvgIpc) is 2.17. The van der Waals surface area contributed by atoms with Gasteiger partial charge in [-0.1, -0.05) is 26.8 Å². The molecule has 0 aliphatic carbocycles. The van der Waals surface area contributed by atoms with Crippen LogP contribution in [-0.2, 0) is 0 Å². The summed E-state index contributed by atoms with van der Waals surface area (Å²) in [5.41, 5.74) is 7.94. The van der Waals surface area contributed by atoms with Crippen molar-refractivity contribution in [2.24, 2.45) is 5.73 Å². The van der Waals surface area contributed by atoms with Gasteiger partial charge in [-0.2, -0.15) is 0 Å². The average molecular weight is 178 g/mol. The van der Waals surface area contributed by atoms with E-state index in [-0.39, 0.29) is 0 Å². The van der Waals surface area contributed by atoms with Gasteiger partial charge in [0, 0.05) is 24.4 Å². The molecule has 0 aliphatic rings. The molecule has 1 atom stereocenters. The zero-order chi connectivity index (χ0) is 9.84. The van der Waals surface area contributed by atoms with Gasteiger partial charge in [0.15, 0.2) is 0 Å². The van der Waals surface area contributed by atoms with Gasteiger partial charge in [0.1, 0.15) is 0 Å². The largest absolute Gasteiger partial charge is 0.330 e. The Morgan fingerprint density at radius 2 is 2.00 bits per heavy atom. The quantitative estimate of drug-likeness (QED) is 0.771. The van der Waals surface area contributed by atoms with E-state index in [1.807, 2.05) is 6.20 Å². The van der Waals surface area contributed by atoms with Crippen molar-refractivity contribution in [3.8, 4) is 0 Å².